The van der Waals surface area contributed by atoms with Crippen LogP contribution in [0, 0.1) is 0 Å². The number of nitrogen functional groups attached to an aromatic ring is 2. The largest absolute Gasteiger partial charge is 0.387 e. The second-order valence-corrected chi connectivity index (χ2v) is 11.5. The topological polar surface area (TPSA) is 249 Å². The summed E-state index contributed by atoms with van der Waals surface area (Å²) >= 11 is 0. The Hall–Kier alpha value is -3.12. The van der Waals surface area contributed by atoms with E-state index in [1.54, 1.807) is 4.57 Å². The molecule has 3 aliphatic rings. The van der Waals surface area contributed by atoms with Crippen molar-refractivity contribution in [3.05, 3.63) is 25.3 Å². The van der Waals surface area contributed by atoms with Gasteiger partial charge in [-0.2, -0.15) is 0 Å². The average molecular weight is 610 g/mol. The third-order valence-electron chi connectivity index (χ3n) is 7.06. The molecule has 0 amide bonds. The lowest BCUT2D eigenvalue weighted by Crippen LogP contribution is -2.34. The van der Waals surface area contributed by atoms with Gasteiger partial charge in [0.1, 0.15) is 54.3 Å². The quantitative estimate of drug-likeness (QED) is 0.252. The molecule has 3 aliphatic heterocycles. The van der Waals surface area contributed by atoms with Gasteiger partial charge in [0, 0.05) is 6.42 Å². The van der Waals surface area contributed by atoms with Crippen LogP contribution < -0.4 is 11.5 Å². The van der Waals surface area contributed by atoms with Gasteiger partial charge in [0.05, 0.1) is 32.0 Å². The molecule has 0 radical (unpaired) electrons. The van der Waals surface area contributed by atoms with Crippen LogP contribution in [0.2, 0.25) is 0 Å². The number of aromatic nitrogens is 8. The molecule has 5 N–H and O–H groups in total. The second kappa shape index (κ2) is 10.6. The number of ether oxygens (including phenoxy) is 2. The van der Waals surface area contributed by atoms with Crippen molar-refractivity contribution in [2.45, 2.75) is 49.4 Å². The van der Waals surface area contributed by atoms with Crippen molar-refractivity contribution in [2.24, 2.45) is 0 Å². The van der Waals surface area contributed by atoms with E-state index in [0.717, 1.165) is 0 Å². The standard InChI is InChI=1S/C20H24N10O9P2/c21-16-12-18(25-4-23-16)29(6-27-12)11-1-8-9(36-11)2-34-41(33)39-15-14(31)10(3-35-40(32)38-8)37-20(15)30-7-28-13-17(22)24-5-26-19(13)30/h4-11,14-15,20,31,40-41H,1-3H2,(H2,21,23,25)(H2,22,24,26)/t8-,9+,10+,11+,14+,15+,20+/m0/s1. The number of rotatable bonds is 2. The van der Waals surface area contributed by atoms with Gasteiger partial charge in [-0.25, -0.2) is 29.9 Å². The fourth-order valence-corrected chi connectivity index (χ4v) is 6.80. The number of nitrogens with zero attached hydrogens (tertiary/aromatic N) is 8. The number of hydrogen-bond acceptors (Lipinski definition) is 17. The van der Waals surface area contributed by atoms with Crippen LogP contribution in [0.3, 0.4) is 0 Å². The molecule has 19 nitrogen and oxygen atoms in total. The first kappa shape index (κ1) is 26.8. The van der Waals surface area contributed by atoms with Crippen LogP contribution in [0.25, 0.3) is 22.3 Å². The highest BCUT2D eigenvalue weighted by molar-refractivity contribution is 7.33. The first-order valence-electron chi connectivity index (χ1n) is 12.4. The first-order valence-corrected chi connectivity index (χ1v) is 14.8. The summed E-state index contributed by atoms with van der Waals surface area (Å²) in [5.74, 6) is 0.350. The van der Waals surface area contributed by atoms with Gasteiger partial charge in [-0.15, -0.1) is 0 Å². The Bertz CT molecular complexity index is 1650. The van der Waals surface area contributed by atoms with E-state index in [9.17, 15) is 14.2 Å². The maximum atomic E-state index is 13.0. The first-order chi connectivity index (χ1) is 19.9. The average Bonchev–Trinajstić information content (AvgIpc) is 3.72. The lowest BCUT2D eigenvalue weighted by molar-refractivity contribution is -0.0555. The van der Waals surface area contributed by atoms with Crippen molar-refractivity contribution < 1.29 is 41.8 Å². The van der Waals surface area contributed by atoms with E-state index in [-0.39, 0.29) is 31.3 Å². The monoisotopic (exact) mass is 610 g/mol. The molecule has 0 saturated carbocycles. The fraction of sp³-hybridized carbons (Fsp3) is 0.500. The van der Waals surface area contributed by atoms with E-state index in [4.69, 9.17) is 39.0 Å². The highest BCUT2D eigenvalue weighted by atomic mass is 31.1. The minimum Gasteiger partial charge on any atom is -0.387 e. The SMILES string of the molecule is Nc1ncnc2c1ncn2[C@@H]1O[C@@H]2CO[PH](=O)O[C@H]3C[C@H](n4cnc5c(N)ncnc54)O[C@@H]3CO[PH](=O)O[C@@H]1[C@@H]2O. The van der Waals surface area contributed by atoms with Gasteiger partial charge >= 0.3 is 16.5 Å². The zero-order valence-corrected chi connectivity index (χ0v) is 22.9. The van der Waals surface area contributed by atoms with Crippen molar-refractivity contribution in [3.63, 3.8) is 0 Å². The summed E-state index contributed by atoms with van der Waals surface area (Å²) in [6.45, 7) is -0.557. The molecule has 2 bridgehead atoms. The Morgan fingerprint density at radius 2 is 1.39 bits per heavy atom. The molecule has 7 rings (SSSR count). The molecule has 3 fully saturated rings. The summed E-state index contributed by atoms with van der Waals surface area (Å²) in [4.78, 5) is 24.7. The smallest absolute Gasteiger partial charge is 0.319 e. The summed E-state index contributed by atoms with van der Waals surface area (Å²) < 4.78 is 63.5. The number of aliphatic hydroxyl groups excluding tert-OH is 1. The van der Waals surface area contributed by atoms with Crippen molar-refractivity contribution >= 4 is 50.5 Å². The number of fused-ring (bicyclic) bond motifs is 5. The van der Waals surface area contributed by atoms with Gasteiger partial charge in [-0.3, -0.25) is 22.8 Å². The highest BCUT2D eigenvalue weighted by Crippen LogP contribution is 2.44. The molecular weight excluding hydrogens is 586 g/mol. The molecule has 9 atom stereocenters. The van der Waals surface area contributed by atoms with E-state index < -0.39 is 59.5 Å². The van der Waals surface area contributed by atoms with Gasteiger partial charge in [0.25, 0.3) is 0 Å². The van der Waals surface area contributed by atoms with E-state index in [2.05, 4.69) is 29.9 Å². The maximum absolute atomic E-state index is 13.0. The minimum absolute atomic E-state index is 0.142. The fourth-order valence-electron chi connectivity index (χ4n) is 5.09. The van der Waals surface area contributed by atoms with Gasteiger partial charge < -0.3 is 39.6 Å². The third kappa shape index (κ3) is 4.78. The van der Waals surface area contributed by atoms with Gasteiger partial charge in [-0.1, -0.05) is 0 Å². The van der Waals surface area contributed by atoms with Crippen molar-refractivity contribution in [1.29, 1.82) is 0 Å². The third-order valence-corrected chi connectivity index (χ3v) is 8.83. The molecule has 2 unspecified atom stereocenters. The minimum atomic E-state index is -3.23. The van der Waals surface area contributed by atoms with Crippen LogP contribution >= 0.6 is 16.5 Å². The zero-order valence-electron chi connectivity index (χ0n) is 20.9. The molecule has 0 aromatic carbocycles. The number of aliphatic hydroxyl groups is 1. The van der Waals surface area contributed by atoms with E-state index in [0.29, 0.717) is 22.3 Å². The van der Waals surface area contributed by atoms with Crippen LogP contribution in [-0.4, -0.2) is 87.9 Å². The Kier molecular flexibility index (Phi) is 6.93. The zero-order chi connectivity index (χ0) is 28.2. The molecule has 21 heteroatoms. The van der Waals surface area contributed by atoms with Crippen LogP contribution in [0.4, 0.5) is 11.6 Å². The number of anilines is 2. The molecule has 3 saturated heterocycles. The normalized spacial score (nSPS) is 34.7. The van der Waals surface area contributed by atoms with E-state index in [1.165, 1.54) is 29.9 Å². The van der Waals surface area contributed by atoms with Crippen molar-refractivity contribution in [3.8, 4) is 0 Å². The van der Waals surface area contributed by atoms with Crippen LogP contribution in [-0.2, 0) is 36.7 Å². The molecular formula is C20H24N10O9P2. The van der Waals surface area contributed by atoms with E-state index in [1.807, 2.05) is 0 Å². The Labute approximate surface area is 231 Å². The number of hydrogen-bond donors (Lipinski definition) is 3. The van der Waals surface area contributed by atoms with E-state index >= 15 is 0 Å². The lowest BCUT2D eigenvalue weighted by atomic mass is 10.1. The van der Waals surface area contributed by atoms with Gasteiger partial charge in [0.15, 0.2) is 29.2 Å². The Morgan fingerprint density at radius 3 is 2.10 bits per heavy atom. The molecule has 0 spiro atoms. The molecule has 218 valence electrons. The maximum Gasteiger partial charge on any atom is 0.319 e. The van der Waals surface area contributed by atoms with Crippen LogP contribution in [0.5, 0.6) is 0 Å². The van der Waals surface area contributed by atoms with Gasteiger partial charge in [-0.05, 0) is 0 Å². The predicted molar refractivity (Wildman–Crippen MR) is 138 cm³/mol. The van der Waals surface area contributed by atoms with Crippen LogP contribution in [0.15, 0.2) is 25.3 Å². The van der Waals surface area contributed by atoms with Crippen molar-refractivity contribution in [2.75, 3.05) is 24.7 Å². The number of imidazole rings is 2. The Morgan fingerprint density at radius 1 is 0.780 bits per heavy atom. The summed E-state index contributed by atoms with van der Waals surface area (Å²) in [5, 5.41) is 11.0. The molecule has 4 aromatic rings. The summed E-state index contributed by atoms with van der Waals surface area (Å²) in [5.41, 5.74) is 13.2. The molecule has 41 heavy (non-hydrogen) atoms. The summed E-state index contributed by atoms with van der Waals surface area (Å²) in [6.07, 6.45) is -1.17. The summed E-state index contributed by atoms with van der Waals surface area (Å²) in [6, 6.07) is 0. The molecule has 7 heterocycles. The Balaban J connectivity index is 1.13. The summed E-state index contributed by atoms with van der Waals surface area (Å²) in [7, 11) is -6.33. The van der Waals surface area contributed by atoms with Gasteiger partial charge in [0.2, 0.25) is 0 Å². The molecule has 0 aliphatic carbocycles. The lowest BCUT2D eigenvalue weighted by Gasteiger charge is -2.22. The second-order valence-electron chi connectivity index (χ2n) is 9.45. The van der Waals surface area contributed by atoms with Crippen molar-refractivity contribution in [1.82, 2.24) is 39.0 Å². The molecule has 4 aromatic heterocycles. The van der Waals surface area contributed by atoms with Crippen LogP contribution in [0.1, 0.15) is 18.9 Å². The number of nitrogens with two attached hydrogens (primary N) is 2. The highest BCUT2D eigenvalue weighted by Gasteiger charge is 2.48. The predicted octanol–water partition coefficient (Wildman–Crippen LogP) is -0.0270.